The van der Waals surface area contributed by atoms with Crippen LogP contribution in [0.1, 0.15) is 84.1 Å². The second-order valence-corrected chi connectivity index (χ2v) is 8.03. The van der Waals surface area contributed by atoms with E-state index in [-0.39, 0.29) is 0 Å². The first kappa shape index (κ1) is 17.4. The molecule has 0 aliphatic heterocycles. The van der Waals surface area contributed by atoms with Crippen molar-refractivity contribution in [2.75, 3.05) is 0 Å². The predicted molar refractivity (Wildman–Crippen MR) is 95.3 cm³/mol. The zero-order chi connectivity index (χ0) is 16.1. The largest absolute Gasteiger partial charge is 0.508 e. The van der Waals surface area contributed by atoms with Gasteiger partial charge < -0.3 is 5.11 Å². The molecule has 0 spiro atoms. The Labute approximate surface area is 137 Å². The van der Waals surface area contributed by atoms with Crippen molar-refractivity contribution < 1.29 is 5.11 Å². The molecule has 1 heteroatoms. The average Bonchev–Trinajstić information content (AvgIpc) is 2.50. The van der Waals surface area contributed by atoms with Gasteiger partial charge in [-0.3, -0.25) is 0 Å². The third kappa shape index (κ3) is 4.06. The number of hydrogen-bond acceptors (Lipinski definition) is 1. The fraction of sp³-hybridized carbons (Fsp3) is 0.714. The van der Waals surface area contributed by atoms with Gasteiger partial charge in [0, 0.05) is 0 Å². The van der Waals surface area contributed by atoms with E-state index in [2.05, 4.69) is 32.9 Å². The molecule has 1 aliphatic rings. The Balaban J connectivity index is 2.14. The molecule has 1 aromatic rings. The highest BCUT2D eigenvalue weighted by molar-refractivity contribution is 5.27. The molecule has 0 unspecified atom stereocenters. The van der Waals surface area contributed by atoms with Crippen molar-refractivity contribution >= 4 is 0 Å². The van der Waals surface area contributed by atoms with E-state index in [1.54, 1.807) is 0 Å². The minimum Gasteiger partial charge on any atom is -0.508 e. The summed E-state index contributed by atoms with van der Waals surface area (Å²) in [4.78, 5) is 0. The quantitative estimate of drug-likeness (QED) is 0.570. The standard InChI is InChI=1S/C21H34O/c1-4-5-7-14-21(15-8-6-9-16-21)20(2,3)17-18-10-12-19(22)13-11-18/h10-13,22H,4-9,14-17H2,1-3H3. The van der Waals surface area contributed by atoms with Gasteiger partial charge in [0.05, 0.1) is 0 Å². The number of unbranched alkanes of at least 4 members (excludes halogenated alkanes) is 2. The summed E-state index contributed by atoms with van der Waals surface area (Å²) in [5.74, 6) is 0.372. The third-order valence-electron chi connectivity index (χ3n) is 6.09. The molecule has 0 bridgehead atoms. The van der Waals surface area contributed by atoms with Crippen molar-refractivity contribution in [3.8, 4) is 5.75 Å². The lowest BCUT2D eigenvalue weighted by Crippen LogP contribution is -2.41. The molecule has 124 valence electrons. The van der Waals surface area contributed by atoms with Crippen LogP contribution in [-0.2, 0) is 6.42 Å². The van der Waals surface area contributed by atoms with Gasteiger partial charge in [-0.15, -0.1) is 0 Å². The first-order valence-corrected chi connectivity index (χ1v) is 9.27. The van der Waals surface area contributed by atoms with Gasteiger partial charge in [0.25, 0.3) is 0 Å². The van der Waals surface area contributed by atoms with Crippen LogP contribution in [0, 0.1) is 10.8 Å². The number of rotatable bonds is 7. The molecular formula is C21H34O. The molecule has 0 aromatic heterocycles. The molecule has 1 N–H and O–H groups in total. The maximum absolute atomic E-state index is 9.50. The van der Waals surface area contributed by atoms with E-state index in [1.807, 2.05) is 12.1 Å². The topological polar surface area (TPSA) is 20.2 Å². The van der Waals surface area contributed by atoms with Crippen molar-refractivity contribution in [2.24, 2.45) is 10.8 Å². The van der Waals surface area contributed by atoms with Gasteiger partial charge in [-0.05, 0) is 54.2 Å². The highest BCUT2D eigenvalue weighted by Crippen LogP contribution is 2.54. The minimum atomic E-state index is 0.331. The summed E-state index contributed by atoms with van der Waals surface area (Å²) in [6, 6.07) is 7.85. The molecule has 1 aliphatic carbocycles. The summed E-state index contributed by atoms with van der Waals surface area (Å²) >= 11 is 0. The molecule has 1 saturated carbocycles. The molecule has 0 saturated heterocycles. The molecule has 1 aromatic carbocycles. The molecule has 0 heterocycles. The van der Waals surface area contributed by atoms with Gasteiger partial charge in [0.15, 0.2) is 0 Å². The van der Waals surface area contributed by atoms with E-state index in [4.69, 9.17) is 0 Å². The van der Waals surface area contributed by atoms with E-state index in [1.165, 1.54) is 63.4 Å². The van der Waals surface area contributed by atoms with Crippen LogP contribution >= 0.6 is 0 Å². The molecule has 1 fully saturated rings. The Morgan fingerprint density at radius 1 is 1.00 bits per heavy atom. The highest BCUT2D eigenvalue weighted by atomic mass is 16.3. The van der Waals surface area contributed by atoms with Gasteiger partial charge in [-0.2, -0.15) is 0 Å². The van der Waals surface area contributed by atoms with Crippen LogP contribution in [0.25, 0.3) is 0 Å². The van der Waals surface area contributed by atoms with Crippen molar-refractivity contribution in [3.63, 3.8) is 0 Å². The van der Waals surface area contributed by atoms with E-state index >= 15 is 0 Å². The number of benzene rings is 1. The molecular weight excluding hydrogens is 268 g/mol. The fourth-order valence-electron chi connectivity index (χ4n) is 4.52. The highest BCUT2D eigenvalue weighted by Gasteiger charge is 2.44. The van der Waals surface area contributed by atoms with Crippen molar-refractivity contribution in [1.82, 2.24) is 0 Å². The van der Waals surface area contributed by atoms with Crippen LogP contribution in [0.2, 0.25) is 0 Å². The van der Waals surface area contributed by atoms with Crippen molar-refractivity contribution in [3.05, 3.63) is 29.8 Å². The summed E-state index contributed by atoms with van der Waals surface area (Å²) in [6.45, 7) is 7.27. The van der Waals surface area contributed by atoms with E-state index in [9.17, 15) is 5.11 Å². The van der Waals surface area contributed by atoms with Crippen LogP contribution < -0.4 is 0 Å². The zero-order valence-corrected chi connectivity index (χ0v) is 14.8. The molecule has 0 amide bonds. The Hall–Kier alpha value is -0.980. The minimum absolute atomic E-state index is 0.331. The van der Waals surface area contributed by atoms with Gasteiger partial charge in [0.1, 0.15) is 5.75 Å². The van der Waals surface area contributed by atoms with Gasteiger partial charge in [0.2, 0.25) is 0 Å². The van der Waals surface area contributed by atoms with E-state index in [0.717, 1.165) is 6.42 Å². The molecule has 1 nitrogen and oxygen atoms in total. The average molecular weight is 303 g/mol. The van der Waals surface area contributed by atoms with E-state index in [0.29, 0.717) is 16.6 Å². The summed E-state index contributed by atoms with van der Waals surface area (Å²) < 4.78 is 0. The smallest absolute Gasteiger partial charge is 0.115 e. The first-order chi connectivity index (χ1) is 10.5. The van der Waals surface area contributed by atoms with E-state index < -0.39 is 0 Å². The summed E-state index contributed by atoms with van der Waals surface area (Å²) in [5.41, 5.74) is 2.21. The Kier molecular flexibility index (Phi) is 5.94. The summed E-state index contributed by atoms with van der Waals surface area (Å²) in [5, 5.41) is 9.50. The molecule has 0 radical (unpaired) electrons. The van der Waals surface area contributed by atoms with Crippen LogP contribution in [0.4, 0.5) is 0 Å². The van der Waals surface area contributed by atoms with Crippen LogP contribution in [0.3, 0.4) is 0 Å². The maximum Gasteiger partial charge on any atom is 0.115 e. The maximum atomic E-state index is 9.50. The lowest BCUT2D eigenvalue weighted by Gasteiger charge is -2.50. The Morgan fingerprint density at radius 3 is 2.23 bits per heavy atom. The fourth-order valence-corrected chi connectivity index (χ4v) is 4.52. The Morgan fingerprint density at radius 2 is 1.64 bits per heavy atom. The van der Waals surface area contributed by atoms with Crippen LogP contribution in [0.15, 0.2) is 24.3 Å². The van der Waals surface area contributed by atoms with Crippen molar-refractivity contribution in [2.45, 2.75) is 85.0 Å². The van der Waals surface area contributed by atoms with Gasteiger partial charge >= 0.3 is 0 Å². The lowest BCUT2D eigenvalue weighted by atomic mass is 9.55. The molecule has 22 heavy (non-hydrogen) atoms. The second-order valence-electron chi connectivity index (χ2n) is 8.03. The van der Waals surface area contributed by atoms with Crippen LogP contribution in [-0.4, -0.2) is 5.11 Å². The van der Waals surface area contributed by atoms with Gasteiger partial charge in [-0.25, -0.2) is 0 Å². The Bertz CT molecular complexity index is 437. The third-order valence-corrected chi connectivity index (χ3v) is 6.09. The first-order valence-electron chi connectivity index (χ1n) is 9.27. The monoisotopic (exact) mass is 302 g/mol. The second kappa shape index (κ2) is 7.53. The number of phenols is 1. The van der Waals surface area contributed by atoms with Crippen LogP contribution in [0.5, 0.6) is 5.75 Å². The molecule has 2 rings (SSSR count). The SMILES string of the molecule is CCCCCC1(C(C)(C)Cc2ccc(O)cc2)CCCCC1. The normalized spacial score (nSPS) is 18.3. The lowest BCUT2D eigenvalue weighted by molar-refractivity contribution is 0.0128. The van der Waals surface area contributed by atoms with Crippen molar-refractivity contribution in [1.29, 1.82) is 0 Å². The predicted octanol–water partition coefficient (Wildman–Crippen LogP) is 6.49. The number of aromatic hydroxyl groups is 1. The molecule has 0 atom stereocenters. The van der Waals surface area contributed by atoms with Gasteiger partial charge in [-0.1, -0.05) is 71.4 Å². The summed E-state index contributed by atoms with van der Waals surface area (Å²) in [6.07, 6.45) is 13.6. The summed E-state index contributed by atoms with van der Waals surface area (Å²) in [7, 11) is 0. The number of hydrogen-bond donors (Lipinski definition) is 1. The zero-order valence-electron chi connectivity index (χ0n) is 14.8. The number of phenolic OH excluding ortho intramolecular Hbond substituents is 1.